The molecule has 3 rings (SSSR count). The van der Waals surface area contributed by atoms with Gasteiger partial charge in [0.05, 0.1) is 19.2 Å². The number of aromatic nitrogens is 2. The van der Waals surface area contributed by atoms with E-state index in [1.54, 1.807) is 66.5 Å². The maximum Gasteiger partial charge on any atom is 0.390 e. The number of aryl methyl sites for hydroxylation is 1. The number of nitrogens with one attached hydrogen (secondary N) is 2. The van der Waals surface area contributed by atoms with Gasteiger partial charge < -0.3 is 20.1 Å². The first-order chi connectivity index (χ1) is 15.8. The lowest BCUT2D eigenvalue weighted by atomic mass is 10.1. The molecule has 0 fully saturated rings. The number of carbonyl (C=O) groups is 1. The lowest BCUT2D eigenvalue weighted by Crippen LogP contribution is -2.26. The molecule has 1 amide bonds. The Morgan fingerprint density at radius 3 is 2.64 bits per heavy atom. The van der Waals surface area contributed by atoms with Gasteiger partial charge in [-0.3, -0.25) is 9.48 Å². The number of amides is 1. The Hall–Kier alpha value is -3.53. The summed E-state index contributed by atoms with van der Waals surface area (Å²) < 4.78 is 49.3. The fourth-order valence-corrected chi connectivity index (χ4v) is 3.13. The summed E-state index contributed by atoms with van der Waals surface area (Å²) in [4.78, 5) is 12.7. The molecule has 7 nitrogen and oxygen atoms in total. The first kappa shape index (κ1) is 24.1. The first-order valence-corrected chi connectivity index (χ1v) is 10.2. The van der Waals surface area contributed by atoms with E-state index in [0.29, 0.717) is 28.3 Å². The molecule has 10 heteroatoms. The highest BCUT2D eigenvalue weighted by molar-refractivity contribution is 6.04. The summed E-state index contributed by atoms with van der Waals surface area (Å²) in [7, 11) is 3.31. The maximum atomic E-state index is 12.7. The second-order valence-electron chi connectivity index (χ2n) is 7.20. The molecule has 0 saturated heterocycles. The lowest BCUT2D eigenvalue weighted by molar-refractivity contribution is -0.133. The van der Waals surface area contributed by atoms with E-state index in [1.165, 1.54) is 7.11 Å². The summed E-state index contributed by atoms with van der Waals surface area (Å²) in [6.45, 7) is 0.268. The standard InChI is InChI=1S/C23H25F3N4O3/c1-30-20(8-10-28-30)19-15-17(29-22(31)16-4-3-5-18(14-16)32-2)6-7-21(19)33-13-12-27-11-9-23(24,25)26/h3-8,10,14-15,27H,9,11-13H2,1-2H3,(H,29,31). The minimum atomic E-state index is -4.19. The zero-order valence-electron chi connectivity index (χ0n) is 18.3. The fourth-order valence-electron chi connectivity index (χ4n) is 3.13. The molecule has 2 aromatic carbocycles. The lowest BCUT2D eigenvalue weighted by Gasteiger charge is -2.15. The predicted octanol–water partition coefficient (Wildman–Crippen LogP) is 4.27. The molecule has 0 aliphatic carbocycles. The van der Waals surface area contributed by atoms with Crippen molar-refractivity contribution in [1.29, 1.82) is 0 Å². The SMILES string of the molecule is COc1cccc(C(=O)Nc2ccc(OCCNCCC(F)(F)F)c(-c3ccnn3C)c2)c1. The second-order valence-corrected chi connectivity index (χ2v) is 7.20. The van der Waals surface area contributed by atoms with Crippen LogP contribution < -0.4 is 20.1 Å². The smallest absolute Gasteiger partial charge is 0.390 e. The Bertz CT molecular complexity index is 1080. The zero-order chi connectivity index (χ0) is 23.8. The number of alkyl halides is 3. The average Bonchev–Trinajstić information content (AvgIpc) is 3.21. The summed E-state index contributed by atoms with van der Waals surface area (Å²) in [6, 6.07) is 13.8. The van der Waals surface area contributed by atoms with Crippen molar-refractivity contribution in [3.63, 3.8) is 0 Å². The van der Waals surface area contributed by atoms with Crippen molar-refractivity contribution in [3.05, 3.63) is 60.3 Å². The highest BCUT2D eigenvalue weighted by Crippen LogP contribution is 2.32. The van der Waals surface area contributed by atoms with Gasteiger partial charge in [-0.05, 0) is 42.5 Å². The fraction of sp³-hybridized carbons (Fsp3) is 0.304. The van der Waals surface area contributed by atoms with E-state index >= 15 is 0 Å². The summed E-state index contributed by atoms with van der Waals surface area (Å²) in [6.07, 6.45) is -3.44. The molecule has 0 spiro atoms. The maximum absolute atomic E-state index is 12.7. The molecule has 3 aromatic rings. The molecule has 0 aliphatic heterocycles. The van der Waals surface area contributed by atoms with Crippen LogP contribution in [0.2, 0.25) is 0 Å². The van der Waals surface area contributed by atoms with Gasteiger partial charge in [0.15, 0.2) is 0 Å². The normalized spacial score (nSPS) is 11.3. The number of anilines is 1. The summed E-state index contributed by atoms with van der Waals surface area (Å²) >= 11 is 0. The van der Waals surface area contributed by atoms with Crippen molar-refractivity contribution >= 4 is 11.6 Å². The van der Waals surface area contributed by atoms with Gasteiger partial charge >= 0.3 is 6.18 Å². The van der Waals surface area contributed by atoms with Crippen molar-refractivity contribution < 1.29 is 27.4 Å². The molecule has 33 heavy (non-hydrogen) atoms. The molecule has 0 aliphatic rings. The third-order valence-corrected chi connectivity index (χ3v) is 4.79. The Labute approximate surface area is 189 Å². The van der Waals surface area contributed by atoms with Gasteiger partial charge in [0.2, 0.25) is 0 Å². The molecule has 0 saturated carbocycles. The number of ether oxygens (including phenoxy) is 2. The third kappa shape index (κ3) is 6.98. The quantitative estimate of drug-likeness (QED) is 0.440. The van der Waals surface area contributed by atoms with E-state index in [0.717, 1.165) is 5.69 Å². The molecular weight excluding hydrogens is 437 g/mol. The van der Waals surface area contributed by atoms with E-state index in [2.05, 4.69) is 15.7 Å². The van der Waals surface area contributed by atoms with Crippen LogP contribution in [-0.4, -0.2) is 48.7 Å². The van der Waals surface area contributed by atoms with Crippen LogP contribution in [0.1, 0.15) is 16.8 Å². The van der Waals surface area contributed by atoms with Crippen LogP contribution in [0.4, 0.5) is 18.9 Å². The Balaban J connectivity index is 1.71. The van der Waals surface area contributed by atoms with Gasteiger partial charge in [0.25, 0.3) is 5.91 Å². The number of carbonyl (C=O) groups excluding carboxylic acids is 1. The molecule has 1 heterocycles. The highest BCUT2D eigenvalue weighted by Gasteiger charge is 2.25. The van der Waals surface area contributed by atoms with Crippen LogP contribution in [0.25, 0.3) is 11.3 Å². The molecule has 176 valence electrons. The minimum absolute atomic E-state index is 0.170. The van der Waals surface area contributed by atoms with Crippen LogP contribution in [0.15, 0.2) is 54.7 Å². The zero-order valence-corrected chi connectivity index (χ0v) is 18.3. The monoisotopic (exact) mass is 462 g/mol. The van der Waals surface area contributed by atoms with Crippen LogP contribution in [-0.2, 0) is 7.05 Å². The van der Waals surface area contributed by atoms with E-state index in [9.17, 15) is 18.0 Å². The van der Waals surface area contributed by atoms with Gasteiger partial charge in [-0.1, -0.05) is 6.07 Å². The molecule has 0 unspecified atom stereocenters. The van der Waals surface area contributed by atoms with E-state index in [1.807, 2.05) is 0 Å². The van der Waals surface area contributed by atoms with Gasteiger partial charge in [-0.15, -0.1) is 0 Å². The molecular formula is C23H25F3N4O3. The Morgan fingerprint density at radius 1 is 1.12 bits per heavy atom. The molecule has 0 atom stereocenters. The van der Waals surface area contributed by atoms with Crippen molar-refractivity contribution in [2.45, 2.75) is 12.6 Å². The van der Waals surface area contributed by atoms with Crippen LogP contribution in [0, 0.1) is 0 Å². The van der Waals surface area contributed by atoms with E-state index in [-0.39, 0.29) is 25.6 Å². The van der Waals surface area contributed by atoms with Gasteiger partial charge in [0.1, 0.15) is 18.1 Å². The predicted molar refractivity (Wildman–Crippen MR) is 119 cm³/mol. The summed E-state index contributed by atoms with van der Waals surface area (Å²) in [5.41, 5.74) is 2.44. The molecule has 0 radical (unpaired) electrons. The van der Waals surface area contributed by atoms with Crippen molar-refractivity contribution in [2.24, 2.45) is 7.05 Å². The van der Waals surface area contributed by atoms with Crippen molar-refractivity contribution in [3.8, 4) is 22.8 Å². The highest BCUT2D eigenvalue weighted by atomic mass is 19.4. The van der Waals surface area contributed by atoms with Gasteiger partial charge in [0, 0.05) is 43.1 Å². The summed E-state index contributed by atoms with van der Waals surface area (Å²) in [5.74, 6) is 0.800. The number of hydrogen-bond donors (Lipinski definition) is 2. The topological polar surface area (TPSA) is 77.4 Å². The number of benzene rings is 2. The molecule has 2 N–H and O–H groups in total. The Morgan fingerprint density at radius 2 is 1.94 bits per heavy atom. The minimum Gasteiger partial charge on any atom is -0.497 e. The van der Waals surface area contributed by atoms with E-state index < -0.39 is 12.6 Å². The number of methoxy groups -OCH3 is 1. The summed E-state index contributed by atoms with van der Waals surface area (Å²) in [5, 5.41) is 9.75. The van der Waals surface area contributed by atoms with Crippen LogP contribution in [0.3, 0.4) is 0 Å². The number of hydrogen-bond acceptors (Lipinski definition) is 5. The van der Waals surface area contributed by atoms with Crippen LogP contribution >= 0.6 is 0 Å². The molecule has 1 aromatic heterocycles. The van der Waals surface area contributed by atoms with Crippen molar-refractivity contribution in [1.82, 2.24) is 15.1 Å². The van der Waals surface area contributed by atoms with E-state index in [4.69, 9.17) is 9.47 Å². The first-order valence-electron chi connectivity index (χ1n) is 10.2. The number of nitrogens with zero attached hydrogens (tertiary/aromatic N) is 2. The second kappa shape index (κ2) is 10.9. The van der Waals surface area contributed by atoms with Crippen LogP contribution in [0.5, 0.6) is 11.5 Å². The van der Waals surface area contributed by atoms with Gasteiger partial charge in [-0.2, -0.15) is 18.3 Å². The Kier molecular flexibility index (Phi) is 7.94. The van der Waals surface area contributed by atoms with Gasteiger partial charge in [-0.25, -0.2) is 0 Å². The van der Waals surface area contributed by atoms with Crippen molar-refractivity contribution in [2.75, 3.05) is 32.1 Å². The largest absolute Gasteiger partial charge is 0.497 e. The number of rotatable bonds is 10. The third-order valence-electron chi connectivity index (χ3n) is 4.79. The number of halogens is 3. The average molecular weight is 462 g/mol. The molecule has 0 bridgehead atoms.